The van der Waals surface area contributed by atoms with E-state index < -0.39 is 0 Å². The molecule has 0 saturated carbocycles. The maximum atomic E-state index is 8.36. The lowest BCUT2D eigenvalue weighted by atomic mass is 9.90. The van der Waals surface area contributed by atoms with Gasteiger partial charge in [0.05, 0.1) is 12.7 Å². The Hall–Kier alpha value is -1.18. The lowest BCUT2D eigenvalue weighted by Gasteiger charge is -2.30. The van der Waals surface area contributed by atoms with Crippen molar-refractivity contribution in [1.82, 2.24) is 4.90 Å². The minimum Gasteiger partial charge on any atom is -0.483 e. The van der Waals surface area contributed by atoms with Crippen LogP contribution < -0.4 is 0 Å². The van der Waals surface area contributed by atoms with Crippen LogP contribution in [0.3, 0.4) is 0 Å². The Morgan fingerprint density at radius 3 is 1.07 bits per heavy atom. The summed E-state index contributed by atoms with van der Waals surface area (Å²) in [5.41, 5.74) is 0. The van der Waals surface area contributed by atoms with Gasteiger partial charge in [0.1, 0.15) is 0 Å². The summed E-state index contributed by atoms with van der Waals surface area (Å²) in [6, 6.07) is 0.546. The van der Waals surface area contributed by atoms with Crippen LogP contribution in [-0.2, 0) is 19.1 Å². The quantitative estimate of drug-likeness (QED) is 0.0467. The highest BCUT2D eigenvalue weighted by atomic mass is 16.7. The Labute approximate surface area is 368 Å². The fourth-order valence-electron chi connectivity index (χ4n) is 9.00. The molecule has 1 aliphatic rings. The van der Waals surface area contributed by atoms with Crippen molar-refractivity contribution >= 4 is 12.9 Å². The van der Waals surface area contributed by atoms with E-state index in [1.54, 1.807) is 0 Å². The molecule has 7 heteroatoms. The summed E-state index contributed by atoms with van der Waals surface area (Å²) in [5, 5.41) is 13.8. The smallest absolute Gasteiger partial charge is 0.290 e. The first-order valence-electron chi connectivity index (χ1n) is 25.9. The molecule has 0 aromatic carbocycles. The monoisotopic (exact) mass is 840 g/mol. The van der Waals surface area contributed by atoms with Gasteiger partial charge in [-0.15, -0.1) is 0 Å². The number of ether oxygens (including phenoxy) is 2. The molecule has 0 bridgehead atoms. The van der Waals surface area contributed by atoms with Gasteiger partial charge in [-0.1, -0.05) is 233 Å². The van der Waals surface area contributed by atoms with Gasteiger partial charge in [0.2, 0.25) is 0 Å². The molecule has 0 spiro atoms. The third-order valence-electron chi connectivity index (χ3n) is 13.0. The first-order valence-corrected chi connectivity index (χ1v) is 25.9. The van der Waals surface area contributed by atoms with Crippen molar-refractivity contribution in [3.63, 3.8) is 0 Å². The number of nitrogens with zero attached hydrogens (tertiary/aromatic N) is 1. The number of carboxylic acid groups (broad SMARTS) is 2. The van der Waals surface area contributed by atoms with Crippen molar-refractivity contribution in [3.05, 3.63) is 0 Å². The van der Waals surface area contributed by atoms with E-state index >= 15 is 0 Å². The predicted molar refractivity (Wildman–Crippen MR) is 255 cm³/mol. The van der Waals surface area contributed by atoms with Crippen molar-refractivity contribution in [2.75, 3.05) is 20.2 Å². The second kappa shape index (κ2) is 46.3. The minimum atomic E-state index is -0.321. The highest BCUT2D eigenvalue weighted by Gasteiger charge is 2.40. The van der Waals surface area contributed by atoms with Crippen LogP contribution >= 0.6 is 0 Å². The van der Waals surface area contributed by atoms with Crippen molar-refractivity contribution in [2.45, 2.75) is 291 Å². The van der Waals surface area contributed by atoms with E-state index in [1.165, 1.54) is 218 Å². The molecule has 1 rings (SSSR count). The summed E-state index contributed by atoms with van der Waals surface area (Å²) in [6.07, 6.45) is 50.6. The number of rotatable bonds is 41. The average Bonchev–Trinajstić information content (AvgIpc) is 3.61. The van der Waals surface area contributed by atoms with E-state index in [-0.39, 0.29) is 24.8 Å². The first-order chi connectivity index (χ1) is 28.7. The van der Waals surface area contributed by atoms with Gasteiger partial charge in [-0.2, -0.15) is 0 Å². The second-order valence-corrected chi connectivity index (χ2v) is 18.7. The highest BCUT2D eigenvalue weighted by molar-refractivity contribution is 5.33. The van der Waals surface area contributed by atoms with E-state index in [1.807, 2.05) is 0 Å². The first kappa shape index (κ1) is 59.9. The van der Waals surface area contributed by atoms with Crippen LogP contribution in [0.25, 0.3) is 0 Å². The van der Waals surface area contributed by atoms with Crippen LogP contribution in [0, 0.1) is 11.8 Å². The van der Waals surface area contributed by atoms with Gasteiger partial charge in [0.15, 0.2) is 5.79 Å². The average molecular weight is 840 g/mol. The molecule has 354 valence electrons. The Morgan fingerprint density at radius 1 is 0.508 bits per heavy atom. The van der Waals surface area contributed by atoms with Gasteiger partial charge in [-0.25, -0.2) is 0 Å². The van der Waals surface area contributed by atoms with Gasteiger partial charge >= 0.3 is 0 Å². The van der Waals surface area contributed by atoms with E-state index in [9.17, 15) is 0 Å². The number of hydrogen-bond donors (Lipinski definition) is 2. The van der Waals surface area contributed by atoms with E-state index in [4.69, 9.17) is 29.3 Å². The van der Waals surface area contributed by atoms with Gasteiger partial charge in [-0.05, 0) is 45.6 Å². The van der Waals surface area contributed by atoms with Crippen molar-refractivity contribution in [3.8, 4) is 0 Å². The molecule has 1 heterocycles. The topological polar surface area (TPSA) is 96.3 Å². The number of likely N-dealkylation sites (N-methyl/N-ethyl adjacent to an activating group) is 1. The normalized spacial score (nSPS) is 14.8. The zero-order valence-corrected chi connectivity index (χ0v) is 40.8. The molecular weight excluding hydrogens is 735 g/mol. The number of unbranched alkanes of at least 4 members (excludes halogenated alkanes) is 22. The molecule has 1 unspecified atom stereocenters. The summed E-state index contributed by atoms with van der Waals surface area (Å²) in [5.74, 6) is 1.69. The number of carbonyl (C=O) groups is 2. The Bertz CT molecular complexity index is 770. The third-order valence-corrected chi connectivity index (χ3v) is 13.0. The Balaban J connectivity index is 0. The fourth-order valence-corrected chi connectivity index (χ4v) is 9.00. The predicted octanol–water partition coefficient (Wildman–Crippen LogP) is 16.2. The van der Waals surface area contributed by atoms with Crippen molar-refractivity contribution in [1.29, 1.82) is 0 Å². The van der Waals surface area contributed by atoms with Crippen LogP contribution in [0.1, 0.15) is 273 Å². The fraction of sp³-hybridized carbons (Fsp3) is 0.962. The third kappa shape index (κ3) is 39.4. The lowest BCUT2D eigenvalue weighted by Crippen LogP contribution is -2.37. The molecule has 0 aliphatic carbocycles. The maximum absolute atomic E-state index is 8.36. The molecule has 0 amide bonds. The van der Waals surface area contributed by atoms with Crippen LogP contribution in [0.5, 0.6) is 0 Å². The van der Waals surface area contributed by atoms with Gasteiger partial charge in [0.25, 0.3) is 12.9 Å². The van der Waals surface area contributed by atoms with Gasteiger partial charge < -0.3 is 24.6 Å². The summed E-state index contributed by atoms with van der Waals surface area (Å²) in [4.78, 5) is 19.1. The van der Waals surface area contributed by atoms with Crippen LogP contribution in [0.15, 0.2) is 0 Å². The Morgan fingerprint density at radius 2 is 0.780 bits per heavy atom. The van der Waals surface area contributed by atoms with Gasteiger partial charge in [-0.3, -0.25) is 9.59 Å². The lowest BCUT2D eigenvalue weighted by molar-refractivity contribution is -0.180. The number of hydrogen-bond acceptors (Lipinski definition) is 5. The van der Waals surface area contributed by atoms with Crippen molar-refractivity contribution in [2.24, 2.45) is 11.8 Å². The van der Waals surface area contributed by atoms with Crippen LogP contribution in [-0.4, -0.2) is 66.2 Å². The zero-order chi connectivity index (χ0) is 44.1. The van der Waals surface area contributed by atoms with Gasteiger partial charge in [0, 0.05) is 25.4 Å². The van der Waals surface area contributed by atoms with Crippen molar-refractivity contribution < 1.29 is 29.3 Å². The van der Waals surface area contributed by atoms with E-state index in [2.05, 4.69) is 53.5 Å². The largest absolute Gasteiger partial charge is 0.483 e. The molecule has 1 aliphatic heterocycles. The molecule has 1 saturated heterocycles. The van der Waals surface area contributed by atoms with E-state index in [0.29, 0.717) is 6.04 Å². The maximum Gasteiger partial charge on any atom is 0.290 e. The molecule has 0 aromatic rings. The summed E-state index contributed by atoms with van der Waals surface area (Å²) < 4.78 is 13.4. The molecule has 1 fully saturated rings. The summed E-state index contributed by atoms with van der Waals surface area (Å²) in [6.45, 7) is 15.2. The molecule has 2 N–H and O–H groups in total. The highest BCUT2D eigenvalue weighted by Crippen LogP contribution is 2.35. The molecule has 7 nitrogen and oxygen atoms in total. The minimum absolute atomic E-state index is 0.221. The SMILES string of the molecule is CCCCCC(CCCCC)CCCCCCCCCCC1(CCCCCCCCCCC(CCCCC)CCCCC)OCC(CN(C)C(C)C)O1.O=CO.O=CO. The Kier molecular flexibility index (Phi) is 47.0. The zero-order valence-electron chi connectivity index (χ0n) is 40.8. The molecule has 1 atom stereocenters. The molecule has 59 heavy (non-hydrogen) atoms. The molecular formula is C52H105NO6. The van der Waals surface area contributed by atoms with E-state index in [0.717, 1.165) is 37.8 Å². The standard InChI is InChI=1S/C50H101NO2.2CH2O2/c1-8-12-28-36-47(37-29-13-9-2)40-32-24-20-16-18-22-26-34-42-50(52-45-49(53-50)44-51(7)46(5)6)43-35-27-23-19-17-21-25-33-41-48(38-30-14-10-3)39-31-15-11-4;2*2-1-3/h46-49H,8-45H2,1-7H3;2*1H,(H,2,3). The molecule has 0 radical (unpaired) electrons. The summed E-state index contributed by atoms with van der Waals surface area (Å²) >= 11 is 0. The molecule has 0 aromatic heterocycles. The second-order valence-electron chi connectivity index (χ2n) is 18.7. The van der Waals surface area contributed by atoms with Crippen LogP contribution in [0.4, 0.5) is 0 Å². The summed E-state index contributed by atoms with van der Waals surface area (Å²) in [7, 11) is 2.23. The van der Waals surface area contributed by atoms with Crippen LogP contribution in [0.2, 0.25) is 0 Å².